The van der Waals surface area contributed by atoms with E-state index in [1.807, 2.05) is 6.08 Å². The predicted octanol–water partition coefficient (Wildman–Crippen LogP) is 7.33. The van der Waals surface area contributed by atoms with E-state index >= 15 is 0 Å². The molecule has 0 aromatic carbocycles. The molecule has 3 aliphatic rings. The molecule has 0 aromatic heterocycles. The molecule has 0 bridgehead atoms. The Labute approximate surface area is 493 Å². The zero-order valence-corrected chi connectivity index (χ0v) is 50.7. The first-order valence-corrected chi connectivity index (χ1v) is 32.9. The summed E-state index contributed by atoms with van der Waals surface area (Å²) >= 11 is 0. The van der Waals surface area contributed by atoms with Gasteiger partial charge in [0.1, 0.15) is 73.2 Å². The molecule has 1 amide bonds. The highest BCUT2D eigenvalue weighted by Crippen LogP contribution is 2.33. The Bertz CT molecular complexity index is 1550. The Hall–Kier alpha value is -1.47. The minimum Gasteiger partial charge on any atom is -0.394 e. The zero-order chi connectivity index (χ0) is 59.7. The van der Waals surface area contributed by atoms with Crippen molar-refractivity contribution in [1.82, 2.24) is 5.32 Å². The summed E-state index contributed by atoms with van der Waals surface area (Å²) in [6, 6.07) is -0.965. The van der Waals surface area contributed by atoms with Crippen molar-refractivity contribution in [3.63, 3.8) is 0 Å². The summed E-state index contributed by atoms with van der Waals surface area (Å²) in [6.07, 6.45) is 22.5. The van der Waals surface area contributed by atoms with Gasteiger partial charge in [0.15, 0.2) is 18.9 Å². The number of hydrogen-bond acceptors (Lipinski definition) is 18. The van der Waals surface area contributed by atoms with Crippen LogP contribution >= 0.6 is 0 Å². The third-order valence-electron chi connectivity index (χ3n) is 16.8. The van der Waals surface area contributed by atoms with Gasteiger partial charge in [0.2, 0.25) is 5.91 Å². The lowest BCUT2D eigenvalue weighted by atomic mass is 9.96. The molecule has 19 heteroatoms. The van der Waals surface area contributed by atoms with E-state index < -0.39 is 124 Å². The molecule has 17 atom stereocenters. The Morgan fingerprint density at radius 1 is 0.427 bits per heavy atom. The van der Waals surface area contributed by atoms with Gasteiger partial charge in [-0.25, -0.2) is 0 Å². The molecule has 0 aliphatic carbocycles. The summed E-state index contributed by atoms with van der Waals surface area (Å²) in [5, 5.41) is 120. The Kier molecular flexibility index (Phi) is 42.5. The smallest absolute Gasteiger partial charge is 0.220 e. The zero-order valence-electron chi connectivity index (χ0n) is 50.7. The van der Waals surface area contributed by atoms with Crippen LogP contribution in [0.15, 0.2) is 12.2 Å². The van der Waals surface area contributed by atoms with Crippen molar-refractivity contribution in [2.24, 2.45) is 0 Å². The molecule has 82 heavy (non-hydrogen) atoms. The van der Waals surface area contributed by atoms with Gasteiger partial charge in [0, 0.05) is 6.42 Å². The molecular weight excluding hydrogens is 1060 g/mol. The van der Waals surface area contributed by atoms with Gasteiger partial charge in [-0.1, -0.05) is 238 Å². The van der Waals surface area contributed by atoms with Gasteiger partial charge in [-0.2, -0.15) is 0 Å². The molecule has 3 aliphatic heterocycles. The fourth-order valence-corrected chi connectivity index (χ4v) is 11.4. The summed E-state index contributed by atoms with van der Waals surface area (Å²) < 4.78 is 34.2. The number of nitrogens with one attached hydrogen (secondary N) is 1. The maximum Gasteiger partial charge on any atom is 0.220 e. The van der Waals surface area contributed by atoms with Crippen molar-refractivity contribution in [3.8, 4) is 0 Å². The second-order valence-corrected chi connectivity index (χ2v) is 23.9. The number of amides is 1. The van der Waals surface area contributed by atoms with E-state index in [2.05, 4.69) is 19.2 Å². The first kappa shape index (κ1) is 74.8. The molecule has 484 valence electrons. The highest BCUT2D eigenvalue weighted by Gasteiger charge is 2.53. The highest BCUT2D eigenvalue weighted by molar-refractivity contribution is 5.76. The van der Waals surface area contributed by atoms with Gasteiger partial charge in [0.25, 0.3) is 0 Å². The van der Waals surface area contributed by atoms with E-state index in [1.54, 1.807) is 6.08 Å². The van der Waals surface area contributed by atoms with E-state index in [-0.39, 0.29) is 18.9 Å². The summed E-state index contributed by atoms with van der Waals surface area (Å²) in [5.41, 5.74) is 0. The molecule has 3 saturated heterocycles. The second kappa shape index (κ2) is 46.7. The molecule has 0 radical (unpaired) electrons. The van der Waals surface area contributed by atoms with E-state index in [0.717, 1.165) is 51.4 Å². The minimum atomic E-state index is -1.97. The summed E-state index contributed by atoms with van der Waals surface area (Å²) in [7, 11) is 0. The minimum absolute atomic E-state index is 0.249. The van der Waals surface area contributed by atoms with Crippen LogP contribution in [-0.4, -0.2) is 193 Å². The molecule has 3 heterocycles. The number of hydrogen-bond donors (Lipinski definition) is 12. The average Bonchev–Trinajstić information content (AvgIpc) is 3.62. The molecule has 3 fully saturated rings. The van der Waals surface area contributed by atoms with Gasteiger partial charge in [-0.05, 0) is 19.3 Å². The van der Waals surface area contributed by atoms with Crippen LogP contribution in [-0.2, 0) is 33.2 Å². The van der Waals surface area contributed by atoms with Gasteiger partial charge in [0.05, 0.1) is 38.6 Å². The molecular formula is C63H119NO18. The van der Waals surface area contributed by atoms with E-state index in [0.29, 0.717) is 6.42 Å². The first-order chi connectivity index (χ1) is 39.8. The van der Waals surface area contributed by atoms with E-state index in [4.69, 9.17) is 28.4 Å². The molecule has 3 rings (SSSR count). The topological polar surface area (TPSA) is 307 Å². The average molecular weight is 1180 g/mol. The Morgan fingerprint density at radius 2 is 0.756 bits per heavy atom. The van der Waals surface area contributed by atoms with Crippen molar-refractivity contribution in [2.45, 2.75) is 356 Å². The number of carbonyl (C=O) groups excluding carboxylic acids is 1. The van der Waals surface area contributed by atoms with Crippen LogP contribution in [0.5, 0.6) is 0 Å². The number of rotatable bonds is 50. The number of ether oxygens (including phenoxy) is 6. The van der Waals surface area contributed by atoms with Crippen molar-refractivity contribution in [3.05, 3.63) is 12.2 Å². The van der Waals surface area contributed by atoms with Gasteiger partial charge < -0.3 is 89.9 Å². The molecule has 0 saturated carbocycles. The quantitative estimate of drug-likeness (QED) is 0.0210. The fourth-order valence-electron chi connectivity index (χ4n) is 11.4. The monoisotopic (exact) mass is 1180 g/mol. The molecule has 19 nitrogen and oxygen atoms in total. The van der Waals surface area contributed by atoms with Crippen LogP contribution in [0.1, 0.15) is 251 Å². The number of unbranched alkanes of at least 4 members (excludes halogenated alkanes) is 34. The fraction of sp³-hybridized carbons (Fsp3) is 0.952. The summed E-state index contributed by atoms with van der Waals surface area (Å²) in [6.45, 7) is 1.69. The predicted molar refractivity (Wildman–Crippen MR) is 314 cm³/mol. The largest absolute Gasteiger partial charge is 0.394 e. The SMILES string of the molecule is CCCCCCCC/C=C/C(O)C(COC1OC(CO)C(OC2OC(CO)C(OC3OC(CO)C(O)C(O)C3O)C(O)C2O)C(O)C1O)NC(=O)CCCCCCCCCCCCCCCCCCCCCCCCCCCCCCC. The van der Waals surface area contributed by atoms with Crippen LogP contribution in [0.3, 0.4) is 0 Å². The van der Waals surface area contributed by atoms with Crippen molar-refractivity contribution in [2.75, 3.05) is 26.4 Å². The third-order valence-corrected chi connectivity index (χ3v) is 16.8. The van der Waals surface area contributed by atoms with Gasteiger partial charge in [-0.15, -0.1) is 0 Å². The van der Waals surface area contributed by atoms with Crippen molar-refractivity contribution in [1.29, 1.82) is 0 Å². The van der Waals surface area contributed by atoms with Gasteiger partial charge in [-0.3, -0.25) is 4.79 Å². The van der Waals surface area contributed by atoms with Gasteiger partial charge >= 0.3 is 0 Å². The second-order valence-electron chi connectivity index (χ2n) is 23.9. The first-order valence-electron chi connectivity index (χ1n) is 32.9. The van der Waals surface area contributed by atoms with Crippen LogP contribution in [0.2, 0.25) is 0 Å². The third kappa shape index (κ3) is 29.5. The maximum absolute atomic E-state index is 13.3. The van der Waals surface area contributed by atoms with Crippen LogP contribution < -0.4 is 5.32 Å². The molecule has 0 spiro atoms. The van der Waals surface area contributed by atoms with Crippen molar-refractivity contribution >= 4 is 5.91 Å². The lowest BCUT2D eigenvalue weighted by molar-refractivity contribution is -0.379. The highest BCUT2D eigenvalue weighted by atomic mass is 16.8. The summed E-state index contributed by atoms with van der Waals surface area (Å²) in [5.74, 6) is -0.274. The number of aliphatic hydroxyl groups excluding tert-OH is 11. The molecule has 12 N–H and O–H groups in total. The van der Waals surface area contributed by atoms with Crippen LogP contribution in [0, 0.1) is 0 Å². The number of aliphatic hydroxyl groups is 11. The lowest BCUT2D eigenvalue weighted by Gasteiger charge is -2.48. The Balaban J connectivity index is 1.34. The standard InChI is InChI=1S/C63H119NO18/c1-3-5-7-9-11-13-14-15-16-17-18-19-20-21-22-23-24-25-26-27-28-29-30-31-32-33-35-37-39-41-51(69)64-46(47(68)40-38-36-34-12-10-8-6-4-2)45-77-61-57(75)54(72)59(49(43-66)79-61)82-63-58(76)55(73)60(50(44-67)80-63)81-62-56(74)53(71)52(70)48(42-65)78-62/h38,40,46-50,52-63,65-68,70-76H,3-37,39,41-45H2,1-2H3,(H,64,69)/b40-38+. The number of carbonyl (C=O) groups is 1. The van der Waals surface area contributed by atoms with E-state index in [1.165, 1.54) is 173 Å². The Morgan fingerprint density at radius 3 is 1.15 bits per heavy atom. The summed E-state index contributed by atoms with van der Waals surface area (Å²) in [4.78, 5) is 13.3. The lowest BCUT2D eigenvalue weighted by Crippen LogP contribution is -2.66. The number of allylic oxidation sites excluding steroid dienone is 1. The molecule has 0 aromatic rings. The van der Waals surface area contributed by atoms with Crippen LogP contribution in [0.25, 0.3) is 0 Å². The van der Waals surface area contributed by atoms with E-state index in [9.17, 15) is 61.0 Å². The normalized spacial score (nSPS) is 29.6. The van der Waals surface area contributed by atoms with Crippen molar-refractivity contribution < 1.29 is 89.4 Å². The maximum atomic E-state index is 13.3. The van der Waals surface area contributed by atoms with Crippen LogP contribution in [0.4, 0.5) is 0 Å². The molecule has 17 unspecified atom stereocenters.